The summed E-state index contributed by atoms with van der Waals surface area (Å²) >= 11 is 0. The van der Waals surface area contributed by atoms with Gasteiger partial charge in [0.15, 0.2) is 11.6 Å². The predicted molar refractivity (Wildman–Crippen MR) is 142 cm³/mol. The van der Waals surface area contributed by atoms with Crippen molar-refractivity contribution in [3.05, 3.63) is 83.2 Å². The van der Waals surface area contributed by atoms with Crippen LogP contribution in [-0.2, 0) is 12.8 Å². The van der Waals surface area contributed by atoms with Crippen LogP contribution < -0.4 is 0 Å². The summed E-state index contributed by atoms with van der Waals surface area (Å²) in [6.45, 7) is 4.38. The molecule has 3 heteroatoms. The first-order valence-electron chi connectivity index (χ1n) is 13.4. The summed E-state index contributed by atoms with van der Waals surface area (Å²) in [5.74, 6) is -2.45. The van der Waals surface area contributed by atoms with Crippen molar-refractivity contribution in [1.82, 2.24) is 0 Å². The van der Waals surface area contributed by atoms with Crippen LogP contribution in [0.4, 0.5) is 13.2 Å². The van der Waals surface area contributed by atoms with E-state index in [0.29, 0.717) is 5.56 Å². The molecule has 0 atom stereocenters. The van der Waals surface area contributed by atoms with E-state index in [1.807, 2.05) is 30.3 Å². The molecule has 0 aliphatic rings. The monoisotopic (exact) mass is 480 g/mol. The second kappa shape index (κ2) is 14.1. The molecule has 188 valence electrons. The van der Waals surface area contributed by atoms with Gasteiger partial charge in [-0.05, 0) is 48.4 Å². The molecule has 0 N–H and O–H groups in total. The third-order valence-electron chi connectivity index (χ3n) is 6.81. The van der Waals surface area contributed by atoms with Crippen LogP contribution in [0, 0.1) is 17.5 Å². The Morgan fingerprint density at radius 1 is 0.486 bits per heavy atom. The molecule has 0 amide bonds. The maximum Gasteiger partial charge on any atom is 0.167 e. The summed E-state index contributed by atoms with van der Waals surface area (Å²) < 4.78 is 44.9. The average Bonchev–Trinajstić information content (AvgIpc) is 2.86. The molecular weight excluding hydrogens is 441 g/mol. The van der Waals surface area contributed by atoms with Crippen molar-refractivity contribution in [1.29, 1.82) is 0 Å². The van der Waals surface area contributed by atoms with Crippen molar-refractivity contribution in [3.8, 4) is 22.3 Å². The van der Waals surface area contributed by atoms with Gasteiger partial charge in [-0.3, -0.25) is 0 Å². The Labute approximate surface area is 209 Å². The van der Waals surface area contributed by atoms with E-state index in [0.717, 1.165) is 37.7 Å². The summed E-state index contributed by atoms with van der Waals surface area (Å²) in [4.78, 5) is 0. The van der Waals surface area contributed by atoms with Gasteiger partial charge in [-0.25, -0.2) is 13.2 Å². The average molecular weight is 481 g/mol. The van der Waals surface area contributed by atoms with Crippen LogP contribution in [0.2, 0.25) is 0 Å². The number of aryl methyl sites for hydroxylation is 2. The predicted octanol–water partition coefficient (Wildman–Crippen LogP) is 10.5. The fourth-order valence-electron chi connectivity index (χ4n) is 4.63. The van der Waals surface area contributed by atoms with E-state index in [2.05, 4.69) is 13.8 Å². The summed E-state index contributed by atoms with van der Waals surface area (Å²) in [5.41, 5.74) is 2.98. The van der Waals surface area contributed by atoms with Crippen LogP contribution in [0.5, 0.6) is 0 Å². The molecule has 3 aromatic rings. The number of hydrogen-bond acceptors (Lipinski definition) is 0. The van der Waals surface area contributed by atoms with Crippen molar-refractivity contribution >= 4 is 0 Å². The van der Waals surface area contributed by atoms with Crippen LogP contribution >= 0.6 is 0 Å². The van der Waals surface area contributed by atoms with Gasteiger partial charge in [-0.1, -0.05) is 114 Å². The Kier molecular flexibility index (Phi) is 10.9. The van der Waals surface area contributed by atoms with Crippen LogP contribution in [0.3, 0.4) is 0 Å². The number of benzene rings is 3. The molecule has 0 spiro atoms. The summed E-state index contributed by atoms with van der Waals surface area (Å²) in [5, 5.41) is 0. The lowest BCUT2D eigenvalue weighted by molar-refractivity contribution is 0.512. The normalized spacial score (nSPS) is 11.2. The lowest BCUT2D eigenvalue weighted by Gasteiger charge is -2.11. The molecule has 3 aromatic carbocycles. The van der Waals surface area contributed by atoms with Gasteiger partial charge in [0.25, 0.3) is 0 Å². The van der Waals surface area contributed by atoms with Gasteiger partial charge in [0, 0.05) is 16.7 Å². The molecule has 0 aliphatic carbocycles. The van der Waals surface area contributed by atoms with Gasteiger partial charge in [-0.15, -0.1) is 0 Å². The van der Waals surface area contributed by atoms with Gasteiger partial charge in [0.05, 0.1) is 0 Å². The van der Waals surface area contributed by atoms with Gasteiger partial charge >= 0.3 is 0 Å². The third kappa shape index (κ3) is 7.72. The van der Waals surface area contributed by atoms with Crippen LogP contribution in [0.15, 0.2) is 54.6 Å². The quantitative estimate of drug-likeness (QED) is 0.201. The number of unbranched alkanes of at least 4 members (excludes halogenated alkanes) is 8. The molecule has 0 bridgehead atoms. The highest BCUT2D eigenvalue weighted by Gasteiger charge is 2.18. The van der Waals surface area contributed by atoms with Crippen molar-refractivity contribution in [3.63, 3.8) is 0 Å². The molecule has 0 fully saturated rings. The zero-order chi connectivity index (χ0) is 25.0. The summed E-state index contributed by atoms with van der Waals surface area (Å²) in [6.07, 6.45) is 13.6. The molecular formula is C32H39F3. The molecule has 0 saturated heterocycles. The Morgan fingerprint density at radius 2 is 0.971 bits per heavy atom. The Bertz CT molecular complexity index is 1050. The largest absolute Gasteiger partial charge is 0.206 e. The van der Waals surface area contributed by atoms with E-state index in [-0.39, 0.29) is 16.7 Å². The minimum atomic E-state index is -1.01. The molecule has 0 aromatic heterocycles. The number of hydrogen-bond donors (Lipinski definition) is 0. The second-order valence-corrected chi connectivity index (χ2v) is 9.63. The minimum Gasteiger partial charge on any atom is -0.206 e. The summed E-state index contributed by atoms with van der Waals surface area (Å²) in [7, 11) is 0. The first-order valence-corrected chi connectivity index (χ1v) is 13.4. The molecule has 3 rings (SSSR count). The van der Waals surface area contributed by atoms with E-state index in [1.54, 1.807) is 12.1 Å². The Balaban J connectivity index is 1.68. The molecule has 0 radical (unpaired) electrons. The smallest absolute Gasteiger partial charge is 0.167 e. The van der Waals surface area contributed by atoms with E-state index in [4.69, 9.17) is 0 Å². The van der Waals surface area contributed by atoms with Gasteiger partial charge < -0.3 is 0 Å². The zero-order valence-corrected chi connectivity index (χ0v) is 21.3. The molecule has 0 nitrogen and oxygen atoms in total. The molecule has 0 heterocycles. The lowest BCUT2D eigenvalue weighted by Crippen LogP contribution is -1.97. The third-order valence-corrected chi connectivity index (χ3v) is 6.81. The van der Waals surface area contributed by atoms with Crippen molar-refractivity contribution in [2.45, 2.75) is 90.9 Å². The topological polar surface area (TPSA) is 0 Å². The maximum absolute atomic E-state index is 15.0. The number of rotatable bonds is 14. The minimum absolute atomic E-state index is 0.0399. The first kappa shape index (κ1) is 27.0. The molecule has 35 heavy (non-hydrogen) atoms. The fourth-order valence-corrected chi connectivity index (χ4v) is 4.63. The highest BCUT2D eigenvalue weighted by molar-refractivity contribution is 5.72. The van der Waals surface area contributed by atoms with Crippen LogP contribution in [0.1, 0.15) is 89.2 Å². The van der Waals surface area contributed by atoms with E-state index in [9.17, 15) is 4.39 Å². The number of halogens is 3. The Hall–Kier alpha value is -2.55. The fraction of sp³-hybridized carbons (Fsp3) is 0.438. The highest BCUT2D eigenvalue weighted by atomic mass is 19.2. The van der Waals surface area contributed by atoms with Crippen molar-refractivity contribution in [2.24, 2.45) is 0 Å². The molecule has 0 saturated carbocycles. The van der Waals surface area contributed by atoms with Crippen molar-refractivity contribution < 1.29 is 13.2 Å². The summed E-state index contributed by atoms with van der Waals surface area (Å²) in [6, 6.07) is 15.5. The Morgan fingerprint density at radius 3 is 1.57 bits per heavy atom. The van der Waals surface area contributed by atoms with E-state index in [1.165, 1.54) is 62.6 Å². The van der Waals surface area contributed by atoms with Crippen LogP contribution in [0.25, 0.3) is 22.3 Å². The van der Waals surface area contributed by atoms with E-state index < -0.39 is 17.5 Å². The second-order valence-electron chi connectivity index (χ2n) is 9.63. The maximum atomic E-state index is 15.0. The van der Waals surface area contributed by atoms with E-state index >= 15 is 8.78 Å². The lowest BCUT2D eigenvalue weighted by atomic mass is 9.96. The SMILES string of the molecule is CCCCCCCc1ccc(-c2ccc(-c3ccc(CCCCCCC)cc3F)c(F)c2F)cc1. The molecule has 0 aliphatic heterocycles. The van der Waals surface area contributed by atoms with Gasteiger partial charge in [0.1, 0.15) is 5.82 Å². The van der Waals surface area contributed by atoms with Gasteiger partial charge in [0.2, 0.25) is 0 Å². The van der Waals surface area contributed by atoms with Gasteiger partial charge in [-0.2, -0.15) is 0 Å². The first-order chi connectivity index (χ1) is 17.0. The molecule has 0 unspecified atom stereocenters. The van der Waals surface area contributed by atoms with Crippen LogP contribution in [-0.4, -0.2) is 0 Å². The standard InChI is InChI=1S/C32H39F3/c1-3-5-7-9-11-13-24-15-18-26(19-16-24)27-21-22-29(32(35)31(27)34)28-20-17-25(23-30(28)33)14-12-10-8-6-4-2/h15-23H,3-14H2,1-2H3. The van der Waals surface area contributed by atoms with Crippen molar-refractivity contribution in [2.75, 3.05) is 0 Å². The zero-order valence-electron chi connectivity index (χ0n) is 21.3. The highest BCUT2D eigenvalue weighted by Crippen LogP contribution is 2.33.